The predicted molar refractivity (Wildman–Crippen MR) is 276 cm³/mol. The van der Waals surface area contributed by atoms with Gasteiger partial charge in [-0.2, -0.15) is 0 Å². The van der Waals surface area contributed by atoms with E-state index < -0.39 is 126 Å². The van der Waals surface area contributed by atoms with E-state index in [1.54, 1.807) is 40.9 Å². The van der Waals surface area contributed by atoms with Crippen LogP contribution < -0.4 is 0 Å². The zero-order chi connectivity index (χ0) is 55.3. The predicted octanol–water partition coefficient (Wildman–Crippen LogP) is 6.11. The molecule has 17 nitrogen and oxygen atoms in total. The van der Waals surface area contributed by atoms with Crippen LogP contribution in [-0.2, 0) is 57.2 Å². The van der Waals surface area contributed by atoms with Gasteiger partial charge in [0.2, 0.25) is 5.79 Å². The van der Waals surface area contributed by atoms with E-state index >= 15 is 0 Å². The lowest BCUT2D eigenvalue weighted by molar-refractivity contribution is -0.265. The minimum Gasteiger partial charge on any atom is -0.460 e. The minimum atomic E-state index is -2.47. The Balaban J connectivity index is 1.71. The Morgan fingerprint density at radius 2 is 1.57 bits per heavy atom. The van der Waals surface area contributed by atoms with E-state index in [2.05, 4.69) is 0 Å². The summed E-state index contributed by atoms with van der Waals surface area (Å²) in [4.78, 5) is 85.6. The normalized spacial score (nSPS) is 36.8. The standard InChI is InChI=1S/C57H89NO16/c1-34-18-14-13-16-24-55(7,8)31-38(5)49(63)50(71-12)48(62)37(4)26-35(2)43(61)30-46(36(3)27-40-21-23-44(47(28-40)70-11)73-54(67)56(9,32-59)33-60)72-53(66)42-19-15-17-25-58(42)52(65)51(64)57(68)39(6)20-22-41(74-57)29-45(34)69-10/h13-14,16,18,24,26,35-36,38-42,44-48,50,59-60,62,68H,15,17,19-23,25,27-33H2,1-12H3/b14-13+,24-16+,34-18+,37-26+. The molecular weight excluding hydrogens is 955 g/mol. The monoisotopic (exact) mass is 1040 g/mol. The van der Waals surface area contributed by atoms with Crippen LogP contribution in [0.25, 0.3) is 0 Å². The van der Waals surface area contributed by atoms with Crippen molar-refractivity contribution in [2.75, 3.05) is 41.1 Å². The van der Waals surface area contributed by atoms with Crippen LogP contribution in [0.4, 0.5) is 0 Å². The van der Waals surface area contributed by atoms with Gasteiger partial charge in [0.05, 0.1) is 31.5 Å². The van der Waals surface area contributed by atoms with E-state index in [9.17, 15) is 49.2 Å². The molecule has 0 spiro atoms. The highest BCUT2D eigenvalue weighted by molar-refractivity contribution is 6.39. The molecule has 74 heavy (non-hydrogen) atoms. The Morgan fingerprint density at radius 3 is 2.20 bits per heavy atom. The molecule has 1 saturated carbocycles. The number of piperidine rings is 1. The van der Waals surface area contributed by atoms with Gasteiger partial charge in [0.25, 0.3) is 11.7 Å². The molecular formula is C57H89NO16. The zero-order valence-electron chi connectivity index (χ0n) is 46.2. The summed E-state index contributed by atoms with van der Waals surface area (Å²) in [6, 6.07) is -1.20. The van der Waals surface area contributed by atoms with Crippen LogP contribution in [0.2, 0.25) is 0 Å². The summed E-state index contributed by atoms with van der Waals surface area (Å²) in [6.07, 6.45) is 9.70. The van der Waals surface area contributed by atoms with Gasteiger partial charge in [0, 0.05) is 58.5 Å². The van der Waals surface area contributed by atoms with E-state index in [0.717, 1.165) is 10.5 Å². The Labute approximate surface area is 439 Å². The molecule has 1 amide bonds. The molecule has 3 heterocycles. The fraction of sp³-hybridized carbons (Fsp3) is 0.754. The molecule has 3 fully saturated rings. The van der Waals surface area contributed by atoms with Gasteiger partial charge in [-0.1, -0.05) is 78.0 Å². The van der Waals surface area contributed by atoms with Gasteiger partial charge in [-0.25, -0.2) is 4.79 Å². The molecule has 2 bridgehead atoms. The third-order valence-corrected chi connectivity index (χ3v) is 16.1. The van der Waals surface area contributed by atoms with Crippen LogP contribution in [0, 0.1) is 40.4 Å². The van der Waals surface area contributed by atoms with Gasteiger partial charge >= 0.3 is 11.9 Å². The molecule has 4 rings (SSSR count). The summed E-state index contributed by atoms with van der Waals surface area (Å²) in [7, 11) is 4.43. The van der Waals surface area contributed by atoms with Crippen molar-refractivity contribution in [1.82, 2.24) is 4.90 Å². The number of hydrogen-bond donors (Lipinski definition) is 4. The summed E-state index contributed by atoms with van der Waals surface area (Å²) < 4.78 is 35.5. The van der Waals surface area contributed by atoms with Crippen molar-refractivity contribution >= 4 is 35.2 Å². The van der Waals surface area contributed by atoms with E-state index in [4.69, 9.17) is 28.4 Å². The van der Waals surface area contributed by atoms with Gasteiger partial charge in [-0.15, -0.1) is 0 Å². The number of allylic oxidation sites excluding steroid dienone is 6. The van der Waals surface area contributed by atoms with Crippen LogP contribution >= 0.6 is 0 Å². The molecule has 3 aliphatic heterocycles. The Bertz CT molecular complexity index is 2060. The summed E-state index contributed by atoms with van der Waals surface area (Å²) in [5.74, 6) is -9.42. The number of carbonyl (C=O) groups excluding carboxylic acids is 6. The van der Waals surface area contributed by atoms with Gasteiger partial charge < -0.3 is 53.7 Å². The highest BCUT2D eigenvalue weighted by Crippen LogP contribution is 2.39. The SMILES string of the molecule is COC1CC2CCC(C)C(O)(O2)C(=O)C(=O)N2CCCCC2C(=O)OC(C(C)CC2CCC(OC(=O)C(C)(CO)CO)C(OC)C2)CC(=O)C(C)/C=C(\C)C(O)C(OC)C(=O)C(C)CC(C)(C)/C=C/C=C/C=C/1C. The minimum absolute atomic E-state index is 0.0408. The van der Waals surface area contributed by atoms with Gasteiger partial charge in [-0.05, 0) is 113 Å². The first-order valence-corrected chi connectivity index (χ1v) is 26.7. The fourth-order valence-electron chi connectivity index (χ4n) is 11.0. The maximum absolute atomic E-state index is 14.6. The van der Waals surface area contributed by atoms with Crippen molar-refractivity contribution < 1.29 is 77.6 Å². The zero-order valence-corrected chi connectivity index (χ0v) is 46.2. The van der Waals surface area contributed by atoms with Crippen molar-refractivity contribution in [3.8, 4) is 0 Å². The fourth-order valence-corrected chi connectivity index (χ4v) is 11.0. The van der Waals surface area contributed by atoms with Crippen LogP contribution in [0.3, 0.4) is 0 Å². The number of aliphatic hydroxyl groups is 4. The van der Waals surface area contributed by atoms with E-state index in [1.807, 2.05) is 58.1 Å². The van der Waals surface area contributed by atoms with Crippen LogP contribution in [0.1, 0.15) is 139 Å². The first-order valence-electron chi connectivity index (χ1n) is 26.7. The molecule has 0 aromatic rings. The quantitative estimate of drug-likeness (QED) is 0.110. The maximum atomic E-state index is 14.6. The molecule has 4 aliphatic rings. The van der Waals surface area contributed by atoms with Crippen molar-refractivity contribution in [3.63, 3.8) is 0 Å². The third kappa shape index (κ3) is 16.1. The molecule has 0 aromatic heterocycles. The van der Waals surface area contributed by atoms with Crippen LogP contribution in [0.15, 0.2) is 47.6 Å². The van der Waals surface area contributed by atoms with Crippen molar-refractivity contribution in [2.24, 2.45) is 40.4 Å². The van der Waals surface area contributed by atoms with Gasteiger partial charge in [0.1, 0.15) is 41.7 Å². The number of carbonyl (C=O) groups is 6. The second-order valence-corrected chi connectivity index (χ2v) is 22.8. The topological polar surface area (TPSA) is 242 Å². The summed E-state index contributed by atoms with van der Waals surface area (Å²) >= 11 is 0. The lowest BCUT2D eigenvalue weighted by Gasteiger charge is -2.42. The number of aliphatic hydroxyl groups excluding tert-OH is 3. The first kappa shape index (κ1) is 62.6. The maximum Gasteiger partial charge on any atom is 0.329 e. The van der Waals surface area contributed by atoms with E-state index in [1.165, 1.54) is 21.1 Å². The number of hydrogen-bond acceptors (Lipinski definition) is 16. The van der Waals surface area contributed by atoms with E-state index in [0.29, 0.717) is 63.4 Å². The Hall–Kier alpha value is -3.94. The van der Waals surface area contributed by atoms with Crippen molar-refractivity contribution in [3.05, 3.63) is 47.6 Å². The molecule has 14 unspecified atom stereocenters. The summed E-state index contributed by atoms with van der Waals surface area (Å²) in [5, 5.41) is 43.2. The van der Waals surface area contributed by atoms with Crippen molar-refractivity contribution in [2.45, 2.75) is 194 Å². The van der Waals surface area contributed by atoms with Crippen LogP contribution in [-0.4, -0.2) is 156 Å². The van der Waals surface area contributed by atoms with Crippen LogP contribution in [0.5, 0.6) is 0 Å². The Kier molecular flexibility index (Phi) is 23.6. The molecule has 4 N–H and O–H groups in total. The molecule has 418 valence electrons. The summed E-state index contributed by atoms with van der Waals surface area (Å²) in [5.41, 5.74) is -0.712. The molecule has 0 radical (unpaired) electrons. The number of esters is 2. The Morgan fingerprint density at radius 1 is 0.878 bits per heavy atom. The molecule has 14 atom stereocenters. The second kappa shape index (κ2) is 27.9. The average Bonchev–Trinajstić information content (AvgIpc) is 3.37. The number of fused-ring (bicyclic) bond motifs is 3. The van der Waals surface area contributed by atoms with E-state index in [-0.39, 0.29) is 43.3 Å². The molecule has 0 aromatic carbocycles. The number of rotatable bonds is 10. The molecule has 2 saturated heterocycles. The number of ketones is 3. The van der Waals surface area contributed by atoms with Gasteiger partial charge in [-0.3, -0.25) is 24.0 Å². The number of ether oxygens (including phenoxy) is 6. The number of nitrogens with zero attached hydrogens (tertiary/aromatic N) is 1. The first-order chi connectivity index (χ1) is 34.8. The highest BCUT2D eigenvalue weighted by Gasteiger charge is 2.53. The lowest BCUT2D eigenvalue weighted by Crippen LogP contribution is -2.61. The smallest absolute Gasteiger partial charge is 0.329 e. The van der Waals surface area contributed by atoms with Crippen molar-refractivity contribution in [1.29, 1.82) is 0 Å². The highest BCUT2D eigenvalue weighted by atomic mass is 16.6. The number of amides is 1. The van der Waals surface area contributed by atoms with Gasteiger partial charge in [0.15, 0.2) is 5.78 Å². The lowest BCUT2D eigenvalue weighted by atomic mass is 9.78. The second-order valence-electron chi connectivity index (χ2n) is 22.8. The average molecular weight is 1040 g/mol. The molecule has 17 heteroatoms. The number of methoxy groups -OCH3 is 3. The molecule has 1 aliphatic carbocycles. The largest absolute Gasteiger partial charge is 0.460 e. The third-order valence-electron chi connectivity index (χ3n) is 16.1. The number of cyclic esters (lactones) is 1. The summed E-state index contributed by atoms with van der Waals surface area (Å²) in [6.45, 7) is 14.8. The number of Topliss-reactive ketones (excluding diaryl/α,β-unsaturated/α-hetero) is 3.